The van der Waals surface area contributed by atoms with Crippen LogP contribution < -0.4 is 4.74 Å². The second-order valence-electron chi connectivity index (χ2n) is 3.93. The minimum atomic E-state index is -1.08. The van der Waals surface area contributed by atoms with E-state index < -0.39 is 10.9 Å². The molecule has 1 N–H and O–H groups in total. The van der Waals surface area contributed by atoms with Crippen molar-refractivity contribution in [1.82, 2.24) is 4.98 Å². The summed E-state index contributed by atoms with van der Waals surface area (Å²) in [5.41, 5.74) is 0.769. The number of hydrogen-bond acceptors (Lipinski definition) is 5. The van der Waals surface area contributed by atoms with Crippen LogP contribution in [-0.2, 0) is 6.61 Å². The SMILES string of the molecule is O=C(O)c1cncc(OCc2ccc([N+](=O)[O-])cc2)c1. The molecule has 1 aromatic carbocycles. The first-order chi connectivity index (χ1) is 9.56. The van der Waals surface area contributed by atoms with Gasteiger partial charge in [-0.05, 0) is 23.8 Å². The summed E-state index contributed by atoms with van der Waals surface area (Å²) >= 11 is 0. The second-order valence-corrected chi connectivity index (χ2v) is 3.93. The fraction of sp³-hybridized carbons (Fsp3) is 0.0769. The molecule has 0 aliphatic heterocycles. The van der Waals surface area contributed by atoms with E-state index in [9.17, 15) is 14.9 Å². The largest absolute Gasteiger partial charge is 0.487 e. The highest BCUT2D eigenvalue weighted by atomic mass is 16.6. The monoisotopic (exact) mass is 274 g/mol. The lowest BCUT2D eigenvalue weighted by Gasteiger charge is -2.06. The van der Waals surface area contributed by atoms with Crippen molar-refractivity contribution in [3.8, 4) is 5.75 Å². The summed E-state index contributed by atoms with van der Waals surface area (Å²) in [6.07, 6.45) is 2.62. The third-order valence-electron chi connectivity index (χ3n) is 2.51. The molecule has 1 heterocycles. The molecule has 0 bridgehead atoms. The molecule has 7 nitrogen and oxygen atoms in total. The highest BCUT2D eigenvalue weighted by Gasteiger charge is 2.06. The van der Waals surface area contributed by atoms with Gasteiger partial charge in [-0.15, -0.1) is 0 Å². The Morgan fingerprint density at radius 3 is 2.60 bits per heavy atom. The van der Waals surface area contributed by atoms with Crippen molar-refractivity contribution < 1.29 is 19.6 Å². The molecular weight excluding hydrogens is 264 g/mol. The van der Waals surface area contributed by atoms with Gasteiger partial charge in [-0.25, -0.2) is 4.79 Å². The fourth-order valence-electron chi connectivity index (χ4n) is 1.50. The van der Waals surface area contributed by atoms with Gasteiger partial charge >= 0.3 is 5.97 Å². The molecule has 0 radical (unpaired) electrons. The van der Waals surface area contributed by atoms with E-state index >= 15 is 0 Å². The Morgan fingerprint density at radius 2 is 2.00 bits per heavy atom. The zero-order valence-electron chi connectivity index (χ0n) is 10.2. The van der Waals surface area contributed by atoms with Gasteiger partial charge in [0.2, 0.25) is 0 Å². The van der Waals surface area contributed by atoms with Crippen LogP contribution in [0.25, 0.3) is 0 Å². The maximum Gasteiger partial charge on any atom is 0.337 e. The summed E-state index contributed by atoms with van der Waals surface area (Å²) < 4.78 is 5.39. The van der Waals surface area contributed by atoms with Crippen molar-refractivity contribution >= 4 is 11.7 Å². The lowest BCUT2D eigenvalue weighted by atomic mass is 10.2. The number of non-ortho nitro benzene ring substituents is 1. The first kappa shape index (κ1) is 13.5. The molecule has 2 aromatic rings. The number of nitrogens with zero attached hydrogens (tertiary/aromatic N) is 2. The van der Waals surface area contributed by atoms with Gasteiger partial charge < -0.3 is 9.84 Å². The molecule has 2 rings (SSSR count). The predicted molar refractivity (Wildman–Crippen MR) is 68.6 cm³/mol. The van der Waals surface area contributed by atoms with E-state index in [2.05, 4.69) is 4.98 Å². The zero-order valence-corrected chi connectivity index (χ0v) is 10.2. The molecule has 0 atom stereocenters. The van der Waals surface area contributed by atoms with Gasteiger partial charge in [0.05, 0.1) is 16.7 Å². The van der Waals surface area contributed by atoms with Crippen molar-refractivity contribution in [3.05, 3.63) is 64.0 Å². The van der Waals surface area contributed by atoms with E-state index in [1.54, 1.807) is 12.1 Å². The Hall–Kier alpha value is -2.96. The Balaban J connectivity index is 2.03. The normalized spacial score (nSPS) is 10.0. The Morgan fingerprint density at radius 1 is 1.30 bits per heavy atom. The molecule has 7 heteroatoms. The molecule has 0 saturated heterocycles. The summed E-state index contributed by atoms with van der Waals surface area (Å²) in [6, 6.07) is 7.27. The summed E-state index contributed by atoms with van der Waals surface area (Å²) in [7, 11) is 0. The lowest BCUT2D eigenvalue weighted by Crippen LogP contribution is -2.00. The number of nitro groups is 1. The van der Waals surface area contributed by atoms with Crippen LogP contribution in [0.2, 0.25) is 0 Å². The van der Waals surface area contributed by atoms with Crippen molar-refractivity contribution in [2.24, 2.45) is 0 Å². The molecule has 0 aliphatic carbocycles. The number of nitro benzene ring substituents is 1. The van der Waals surface area contributed by atoms with E-state index in [0.717, 1.165) is 5.56 Å². The van der Waals surface area contributed by atoms with E-state index in [-0.39, 0.29) is 17.9 Å². The number of hydrogen-bond donors (Lipinski definition) is 1. The molecule has 0 spiro atoms. The van der Waals surface area contributed by atoms with Gasteiger partial charge in [0.25, 0.3) is 5.69 Å². The Kier molecular flexibility index (Phi) is 3.90. The number of aromatic carboxylic acids is 1. The quantitative estimate of drug-likeness (QED) is 0.662. The minimum absolute atomic E-state index is 0.00305. The minimum Gasteiger partial charge on any atom is -0.487 e. The van der Waals surface area contributed by atoms with Crippen LogP contribution in [-0.4, -0.2) is 21.0 Å². The van der Waals surface area contributed by atoms with E-state index in [4.69, 9.17) is 9.84 Å². The van der Waals surface area contributed by atoms with Crippen LogP contribution in [0.15, 0.2) is 42.7 Å². The maximum atomic E-state index is 10.8. The third kappa shape index (κ3) is 3.29. The molecular formula is C13H10N2O5. The smallest absolute Gasteiger partial charge is 0.337 e. The first-order valence-electron chi connectivity index (χ1n) is 5.61. The van der Waals surface area contributed by atoms with Gasteiger partial charge in [-0.1, -0.05) is 0 Å². The number of benzene rings is 1. The van der Waals surface area contributed by atoms with Crippen LogP contribution >= 0.6 is 0 Å². The molecule has 0 aliphatic rings. The number of pyridine rings is 1. The molecule has 0 fully saturated rings. The van der Waals surface area contributed by atoms with Crippen molar-refractivity contribution in [2.45, 2.75) is 6.61 Å². The summed E-state index contributed by atoms with van der Waals surface area (Å²) in [5, 5.41) is 19.3. The van der Waals surface area contributed by atoms with E-state index in [1.807, 2.05) is 0 Å². The van der Waals surface area contributed by atoms with Crippen LogP contribution in [0.1, 0.15) is 15.9 Å². The van der Waals surface area contributed by atoms with Crippen molar-refractivity contribution in [3.63, 3.8) is 0 Å². The summed E-state index contributed by atoms with van der Waals surface area (Å²) in [4.78, 5) is 24.6. The second kappa shape index (κ2) is 5.79. The van der Waals surface area contributed by atoms with E-state index in [0.29, 0.717) is 5.75 Å². The molecule has 1 aromatic heterocycles. The van der Waals surface area contributed by atoms with Crippen LogP contribution in [0.4, 0.5) is 5.69 Å². The van der Waals surface area contributed by atoms with Crippen LogP contribution in [0.3, 0.4) is 0 Å². The first-order valence-corrected chi connectivity index (χ1v) is 5.61. The molecule has 102 valence electrons. The fourth-order valence-corrected chi connectivity index (χ4v) is 1.50. The number of carboxylic acids is 1. The highest BCUT2D eigenvalue weighted by Crippen LogP contribution is 2.16. The van der Waals surface area contributed by atoms with E-state index in [1.165, 1.54) is 30.6 Å². The molecule has 20 heavy (non-hydrogen) atoms. The van der Waals surface area contributed by atoms with Crippen LogP contribution in [0, 0.1) is 10.1 Å². The Bertz CT molecular complexity index is 639. The Labute approximate surface area is 113 Å². The average Bonchev–Trinajstić information content (AvgIpc) is 2.46. The number of carbonyl (C=O) groups is 1. The number of carboxylic acid groups (broad SMARTS) is 1. The average molecular weight is 274 g/mol. The summed E-state index contributed by atoms with van der Waals surface area (Å²) in [6.45, 7) is 0.169. The highest BCUT2D eigenvalue weighted by molar-refractivity contribution is 5.87. The number of ether oxygens (including phenoxy) is 1. The third-order valence-corrected chi connectivity index (χ3v) is 2.51. The maximum absolute atomic E-state index is 10.8. The number of aromatic nitrogens is 1. The van der Waals surface area contributed by atoms with Crippen molar-refractivity contribution in [2.75, 3.05) is 0 Å². The van der Waals surface area contributed by atoms with Gasteiger partial charge in [0, 0.05) is 18.3 Å². The van der Waals surface area contributed by atoms with Gasteiger partial charge in [0.15, 0.2) is 0 Å². The molecule has 0 unspecified atom stereocenters. The van der Waals surface area contributed by atoms with Gasteiger partial charge in [-0.2, -0.15) is 0 Å². The summed E-state index contributed by atoms with van der Waals surface area (Å²) in [5.74, 6) is -0.762. The zero-order chi connectivity index (χ0) is 14.5. The molecule has 0 amide bonds. The molecule has 0 saturated carbocycles. The van der Waals surface area contributed by atoms with Gasteiger partial charge in [0.1, 0.15) is 12.4 Å². The predicted octanol–water partition coefficient (Wildman–Crippen LogP) is 2.27. The standard InChI is InChI=1S/C13H10N2O5/c16-13(17)10-5-12(7-14-6-10)20-8-9-1-3-11(4-2-9)15(18)19/h1-7H,8H2,(H,16,17). The van der Waals surface area contributed by atoms with Crippen molar-refractivity contribution in [1.29, 1.82) is 0 Å². The van der Waals surface area contributed by atoms with Crippen LogP contribution in [0.5, 0.6) is 5.75 Å². The lowest BCUT2D eigenvalue weighted by molar-refractivity contribution is -0.384. The van der Waals surface area contributed by atoms with Gasteiger partial charge in [-0.3, -0.25) is 15.1 Å². The number of rotatable bonds is 5. The topological polar surface area (TPSA) is 103 Å².